The van der Waals surface area contributed by atoms with Crippen LogP contribution in [0.25, 0.3) is 11.3 Å². The molecule has 140 valence electrons. The Labute approximate surface area is 157 Å². The third-order valence-electron chi connectivity index (χ3n) is 5.81. The Morgan fingerprint density at radius 3 is 2.46 bits per heavy atom. The average Bonchev–Trinajstić information content (AvgIpc) is 2.67. The predicted octanol–water partition coefficient (Wildman–Crippen LogP) is 6.38. The Bertz CT molecular complexity index is 688. The summed E-state index contributed by atoms with van der Waals surface area (Å²) in [6.45, 7) is 4.51. The molecule has 0 atom stereocenters. The number of nitrogens with zero attached hydrogens (tertiary/aromatic N) is 2. The highest BCUT2D eigenvalue weighted by molar-refractivity contribution is 5.59. The maximum Gasteiger partial charge on any atom is 0.127 e. The van der Waals surface area contributed by atoms with Gasteiger partial charge < -0.3 is 0 Å². The number of aromatic nitrogens is 2. The van der Waals surface area contributed by atoms with Gasteiger partial charge in [-0.25, -0.2) is 4.39 Å². The van der Waals surface area contributed by atoms with Crippen LogP contribution < -0.4 is 0 Å². The van der Waals surface area contributed by atoms with E-state index in [1.54, 1.807) is 6.07 Å². The first-order valence-corrected chi connectivity index (χ1v) is 10.3. The van der Waals surface area contributed by atoms with Crippen LogP contribution in [0.15, 0.2) is 30.3 Å². The van der Waals surface area contributed by atoms with Crippen LogP contribution >= 0.6 is 0 Å². The van der Waals surface area contributed by atoms with Gasteiger partial charge in [-0.05, 0) is 61.3 Å². The van der Waals surface area contributed by atoms with Crippen LogP contribution in [0, 0.1) is 17.7 Å². The Hall–Kier alpha value is -1.77. The van der Waals surface area contributed by atoms with Crippen LogP contribution in [0.4, 0.5) is 4.39 Å². The predicted molar refractivity (Wildman–Crippen MR) is 105 cm³/mol. The Morgan fingerprint density at radius 1 is 1.00 bits per heavy atom. The van der Waals surface area contributed by atoms with Crippen molar-refractivity contribution in [3.05, 3.63) is 47.4 Å². The second-order valence-corrected chi connectivity index (χ2v) is 7.98. The van der Waals surface area contributed by atoms with Crippen molar-refractivity contribution in [3.8, 4) is 11.3 Å². The van der Waals surface area contributed by atoms with Gasteiger partial charge in [0.15, 0.2) is 0 Å². The summed E-state index contributed by atoms with van der Waals surface area (Å²) in [5.74, 6) is 1.53. The summed E-state index contributed by atoms with van der Waals surface area (Å²) in [6.07, 6.45) is 10.5. The van der Waals surface area contributed by atoms with Gasteiger partial charge in [0, 0.05) is 5.56 Å². The van der Waals surface area contributed by atoms with Crippen molar-refractivity contribution >= 4 is 0 Å². The van der Waals surface area contributed by atoms with Gasteiger partial charge >= 0.3 is 0 Å². The van der Waals surface area contributed by atoms with E-state index in [0.717, 1.165) is 66.5 Å². The van der Waals surface area contributed by atoms with Crippen molar-refractivity contribution in [2.45, 2.75) is 71.6 Å². The summed E-state index contributed by atoms with van der Waals surface area (Å²) in [6, 6.07) is 9.50. The molecular formula is C23H31FN2. The molecule has 0 N–H and O–H groups in total. The van der Waals surface area contributed by atoms with Crippen LogP contribution in [0.3, 0.4) is 0 Å². The van der Waals surface area contributed by atoms with E-state index in [1.165, 1.54) is 25.7 Å². The molecule has 0 amide bonds. The number of benzene rings is 1. The van der Waals surface area contributed by atoms with Crippen molar-refractivity contribution in [2.75, 3.05) is 0 Å². The molecule has 2 nitrogen and oxygen atoms in total. The average molecular weight is 355 g/mol. The molecule has 1 fully saturated rings. The highest BCUT2D eigenvalue weighted by Crippen LogP contribution is 2.31. The standard InChI is InChI=1S/C23H31FN2/c1-3-4-5-21-14-15-23(26-25-21)20-13-12-19(22(24)16-20)11-10-18-8-6-17(2)7-9-18/h12-18H,3-11H2,1-2H3. The number of halogens is 1. The zero-order chi connectivity index (χ0) is 18.4. The third kappa shape index (κ3) is 5.12. The van der Waals surface area contributed by atoms with Gasteiger partial charge in [-0.15, -0.1) is 0 Å². The Balaban J connectivity index is 1.60. The van der Waals surface area contributed by atoms with Gasteiger partial charge in [0.1, 0.15) is 5.82 Å². The van der Waals surface area contributed by atoms with E-state index >= 15 is 0 Å². The molecule has 0 spiro atoms. The van der Waals surface area contributed by atoms with Crippen molar-refractivity contribution in [3.63, 3.8) is 0 Å². The number of hydrogen-bond donors (Lipinski definition) is 0. The summed E-state index contributed by atoms with van der Waals surface area (Å²) < 4.78 is 14.5. The van der Waals surface area contributed by atoms with Crippen LogP contribution in [0.5, 0.6) is 0 Å². The molecule has 0 aliphatic heterocycles. The van der Waals surface area contributed by atoms with Crippen LogP contribution in [-0.2, 0) is 12.8 Å². The Kier molecular flexibility index (Phi) is 6.76. The molecule has 1 aromatic carbocycles. The number of rotatable bonds is 7. The zero-order valence-corrected chi connectivity index (χ0v) is 16.2. The van der Waals surface area contributed by atoms with Gasteiger partial charge in [-0.3, -0.25) is 0 Å². The van der Waals surface area contributed by atoms with E-state index in [2.05, 4.69) is 24.0 Å². The van der Waals surface area contributed by atoms with E-state index < -0.39 is 0 Å². The third-order valence-corrected chi connectivity index (χ3v) is 5.81. The maximum absolute atomic E-state index is 14.5. The summed E-state index contributed by atoms with van der Waals surface area (Å²) in [4.78, 5) is 0. The smallest absolute Gasteiger partial charge is 0.127 e. The molecule has 1 aliphatic carbocycles. The summed E-state index contributed by atoms with van der Waals surface area (Å²) in [5.41, 5.74) is 3.40. The van der Waals surface area contributed by atoms with Crippen LogP contribution in [0.2, 0.25) is 0 Å². The van der Waals surface area contributed by atoms with Crippen molar-refractivity contribution in [1.82, 2.24) is 10.2 Å². The fourth-order valence-corrected chi connectivity index (χ4v) is 3.89. The monoisotopic (exact) mass is 354 g/mol. The number of unbranched alkanes of at least 4 members (excludes halogenated alkanes) is 1. The number of hydrogen-bond acceptors (Lipinski definition) is 2. The summed E-state index contributed by atoms with van der Waals surface area (Å²) in [5, 5.41) is 8.56. The molecular weight excluding hydrogens is 323 g/mol. The lowest BCUT2D eigenvalue weighted by atomic mass is 9.80. The minimum Gasteiger partial charge on any atom is -0.207 e. The molecule has 3 heteroatoms. The van der Waals surface area contributed by atoms with Crippen LogP contribution in [0.1, 0.15) is 70.1 Å². The topological polar surface area (TPSA) is 25.8 Å². The largest absolute Gasteiger partial charge is 0.207 e. The van der Waals surface area contributed by atoms with Gasteiger partial charge in [0.05, 0.1) is 11.4 Å². The second kappa shape index (κ2) is 9.25. The number of aryl methyl sites for hydroxylation is 2. The fourth-order valence-electron chi connectivity index (χ4n) is 3.89. The highest BCUT2D eigenvalue weighted by atomic mass is 19.1. The van der Waals surface area contributed by atoms with Crippen LogP contribution in [-0.4, -0.2) is 10.2 Å². The lowest BCUT2D eigenvalue weighted by molar-refractivity contribution is 0.277. The maximum atomic E-state index is 14.5. The first-order valence-electron chi connectivity index (χ1n) is 10.3. The molecule has 0 bridgehead atoms. The van der Waals surface area contributed by atoms with Gasteiger partial charge in [-0.2, -0.15) is 10.2 Å². The molecule has 1 saturated carbocycles. The minimum absolute atomic E-state index is 0.108. The molecule has 2 aromatic rings. The lowest BCUT2D eigenvalue weighted by Crippen LogP contribution is -2.13. The molecule has 0 radical (unpaired) electrons. The molecule has 0 saturated heterocycles. The van der Waals surface area contributed by atoms with E-state index in [9.17, 15) is 4.39 Å². The first kappa shape index (κ1) is 19.0. The van der Waals surface area contributed by atoms with E-state index in [4.69, 9.17) is 0 Å². The van der Waals surface area contributed by atoms with Crippen molar-refractivity contribution in [2.24, 2.45) is 11.8 Å². The second-order valence-electron chi connectivity index (χ2n) is 7.98. The summed E-state index contributed by atoms with van der Waals surface area (Å²) in [7, 11) is 0. The van der Waals surface area contributed by atoms with Gasteiger partial charge in [0.25, 0.3) is 0 Å². The van der Waals surface area contributed by atoms with Gasteiger partial charge in [-0.1, -0.05) is 58.1 Å². The SMILES string of the molecule is CCCCc1ccc(-c2ccc(CCC3CCC(C)CC3)c(F)c2)nn1. The highest BCUT2D eigenvalue weighted by Gasteiger charge is 2.18. The van der Waals surface area contributed by atoms with Crippen molar-refractivity contribution in [1.29, 1.82) is 0 Å². The van der Waals surface area contributed by atoms with Gasteiger partial charge in [0.2, 0.25) is 0 Å². The zero-order valence-electron chi connectivity index (χ0n) is 16.2. The molecule has 3 rings (SSSR count). The molecule has 1 heterocycles. The van der Waals surface area contributed by atoms with Crippen molar-refractivity contribution < 1.29 is 4.39 Å². The van der Waals surface area contributed by atoms with E-state index in [-0.39, 0.29) is 5.82 Å². The first-order chi connectivity index (χ1) is 12.7. The molecule has 0 unspecified atom stereocenters. The quantitative estimate of drug-likeness (QED) is 0.576. The fraction of sp³-hybridized carbons (Fsp3) is 0.565. The van der Waals surface area contributed by atoms with E-state index in [1.807, 2.05) is 24.3 Å². The normalized spacial score (nSPS) is 20.3. The summed E-state index contributed by atoms with van der Waals surface area (Å²) >= 11 is 0. The molecule has 1 aromatic heterocycles. The minimum atomic E-state index is -0.108. The Morgan fingerprint density at radius 2 is 1.81 bits per heavy atom. The lowest BCUT2D eigenvalue weighted by Gasteiger charge is -2.26. The molecule has 26 heavy (non-hydrogen) atoms. The van der Waals surface area contributed by atoms with E-state index in [0.29, 0.717) is 0 Å². The molecule has 1 aliphatic rings.